The highest BCUT2D eigenvalue weighted by molar-refractivity contribution is 5.76. The van der Waals surface area contributed by atoms with Crippen LogP contribution in [0.3, 0.4) is 0 Å². The lowest BCUT2D eigenvalue weighted by Crippen LogP contribution is -2.50. The van der Waals surface area contributed by atoms with Gasteiger partial charge in [-0.3, -0.25) is 4.79 Å². The number of hydrogen-bond acceptors (Lipinski definition) is 3. The Morgan fingerprint density at radius 3 is 2.48 bits per heavy atom. The van der Waals surface area contributed by atoms with Crippen LogP contribution in [-0.4, -0.2) is 72.7 Å². The molecule has 0 saturated carbocycles. The van der Waals surface area contributed by atoms with Crippen molar-refractivity contribution in [1.29, 1.82) is 0 Å². The number of amides is 4. The second-order valence-electron chi connectivity index (χ2n) is 5.30. The van der Waals surface area contributed by atoms with Crippen LogP contribution in [-0.2, 0) is 4.79 Å². The maximum atomic E-state index is 12.1. The van der Waals surface area contributed by atoms with E-state index in [1.807, 2.05) is 0 Å². The highest BCUT2D eigenvalue weighted by Gasteiger charge is 2.28. The Hall–Kier alpha value is -1.99. The van der Waals surface area contributed by atoms with Crippen molar-refractivity contribution in [3.63, 3.8) is 0 Å². The van der Waals surface area contributed by atoms with Crippen LogP contribution in [0, 0.1) is 0 Å². The van der Waals surface area contributed by atoms with Crippen molar-refractivity contribution >= 4 is 18.0 Å². The van der Waals surface area contributed by atoms with Gasteiger partial charge < -0.3 is 25.5 Å². The van der Waals surface area contributed by atoms with E-state index in [1.54, 1.807) is 19.0 Å². The Morgan fingerprint density at radius 2 is 1.86 bits per heavy atom. The monoisotopic (exact) mass is 300 g/mol. The van der Waals surface area contributed by atoms with Gasteiger partial charge in [-0.05, 0) is 19.3 Å². The minimum Gasteiger partial charge on any atom is -0.481 e. The molecule has 0 bridgehead atoms. The lowest BCUT2D eigenvalue weighted by molar-refractivity contribution is -0.138. The summed E-state index contributed by atoms with van der Waals surface area (Å²) in [5.74, 6) is -0.891. The number of rotatable bonds is 5. The van der Waals surface area contributed by atoms with Crippen molar-refractivity contribution in [2.24, 2.45) is 0 Å². The highest BCUT2D eigenvalue weighted by atomic mass is 16.4. The Labute approximate surface area is 124 Å². The van der Waals surface area contributed by atoms with Gasteiger partial charge in [-0.25, -0.2) is 9.59 Å². The number of aliphatic carboxylic acids is 1. The molecule has 8 nitrogen and oxygen atoms in total. The van der Waals surface area contributed by atoms with Crippen LogP contribution < -0.4 is 10.6 Å². The summed E-state index contributed by atoms with van der Waals surface area (Å²) in [4.78, 5) is 37.2. The lowest BCUT2D eigenvalue weighted by atomic mass is 10.00. The van der Waals surface area contributed by atoms with Gasteiger partial charge in [0.15, 0.2) is 0 Å². The molecule has 3 N–H and O–H groups in total. The quantitative estimate of drug-likeness (QED) is 0.635. The fraction of sp³-hybridized carbons (Fsp3) is 0.769. The number of carboxylic acids is 1. The Bertz CT molecular complexity index is 386. The van der Waals surface area contributed by atoms with E-state index < -0.39 is 5.97 Å². The minimum atomic E-state index is -0.891. The zero-order valence-electron chi connectivity index (χ0n) is 12.6. The van der Waals surface area contributed by atoms with Crippen molar-refractivity contribution in [2.45, 2.75) is 31.7 Å². The molecule has 0 aliphatic carbocycles. The smallest absolute Gasteiger partial charge is 0.317 e. The average molecular weight is 300 g/mol. The first-order valence-corrected chi connectivity index (χ1v) is 7.13. The molecular formula is C13H24N4O4. The summed E-state index contributed by atoms with van der Waals surface area (Å²) >= 11 is 0. The predicted molar refractivity (Wildman–Crippen MR) is 77.1 cm³/mol. The zero-order valence-corrected chi connectivity index (χ0v) is 12.6. The van der Waals surface area contributed by atoms with E-state index in [0.29, 0.717) is 19.6 Å². The fourth-order valence-electron chi connectivity index (χ4n) is 2.28. The van der Waals surface area contributed by atoms with E-state index >= 15 is 0 Å². The molecule has 120 valence electrons. The van der Waals surface area contributed by atoms with Gasteiger partial charge in [0.1, 0.15) is 0 Å². The summed E-state index contributed by atoms with van der Waals surface area (Å²) in [5, 5.41) is 14.2. The van der Waals surface area contributed by atoms with Gasteiger partial charge in [0.2, 0.25) is 0 Å². The maximum Gasteiger partial charge on any atom is 0.317 e. The molecule has 1 aliphatic rings. The number of urea groups is 2. The number of piperidine rings is 1. The SMILES string of the molecule is CN(C)C(=O)NCCNC(=O)N1CCCCC1CC(=O)O. The van der Waals surface area contributed by atoms with Gasteiger partial charge in [0.25, 0.3) is 0 Å². The average Bonchev–Trinajstić information content (AvgIpc) is 2.42. The molecular weight excluding hydrogens is 276 g/mol. The van der Waals surface area contributed by atoms with Crippen LogP contribution in [0.15, 0.2) is 0 Å². The summed E-state index contributed by atoms with van der Waals surface area (Å²) in [6, 6.07) is -0.723. The third-order valence-corrected chi connectivity index (χ3v) is 3.38. The molecule has 0 aromatic rings. The van der Waals surface area contributed by atoms with Crippen LogP contribution >= 0.6 is 0 Å². The first-order valence-electron chi connectivity index (χ1n) is 7.13. The van der Waals surface area contributed by atoms with E-state index in [-0.39, 0.29) is 24.5 Å². The van der Waals surface area contributed by atoms with Crippen LogP contribution in [0.25, 0.3) is 0 Å². The van der Waals surface area contributed by atoms with Gasteiger partial charge in [0, 0.05) is 39.8 Å². The molecule has 1 unspecified atom stereocenters. The van der Waals surface area contributed by atoms with Crippen molar-refractivity contribution < 1.29 is 19.5 Å². The number of carbonyl (C=O) groups excluding carboxylic acids is 2. The number of likely N-dealkylation sites (tertiary alicyclic amines) is 1. The number of carbonyl (C=O) groups is 3. The predicted octanol–water partition coefficient (Wildman–Crippen LogP) is 0.296. The summed E-state index contributed by atoms with van der Waals surface area (Å²) in [6.45, 7) is 1.22. The van der Waals surface area contributed by atoms with Crippen molar-refractivity contribution in [3.05, 3.63) is 0 Å². The molecule has 1 atom stereocenters. The molecule has 0 aromatic heterocycles. The Kier molecular flexibility index (Phi) is 6.77. The molecule has 0 radical (unpaired) electrons. The molecule has 8 heteroatoms. The second-order valence-corrected chi connectivity index (χ2v) is 5.30. The molecule has 1 heterocycles. The van der Waals surface area contributed by atoms with Crippen molar-refractivity contribution in [3.8, 4) is 0 Å². The molecule has 0 spiro atoms. The Balaban J connectivity index is 2.35. The van der Waals surface area contributed by atoms with E-state index in [9.17, 15) is 14.4 Å². The topological polar surface area (TPSA) is 102 Å². The minimum absolute atomic E-state index is 0.0230. The first kappa shape index (κ1) is 17.1. The molecule has 1 fully saturated rings. The van der Waals surface area contributed by atoms with Gasteiger partial charge in [-0.15, -0.1) is 0 Å². The van der Waals surface area contributed by atoms with E-state index in [1.165, 1.54) is 4.90 Å². The van der Waals surface area contributed by atoms with Crippen LogP contribution in [0.4, 0.5) is 9.59 Å². The van der Waals surface area contributed by atoms with E-state index in [4.69, 9.17) is 5.11 Å². The van der Waals surface area contributed by atoms with Gasteiger partial charge >= 0.3 is 18.0 Å². The summed E-state index contributed by atoms with van der Waals surface area (Å²) < 4.78 is 0. The van der Waals surface area contributed by atoms with Gasteiger partial charge in [-0.2, -0.15) is 0 Å². The third kappa shape index (κ3) is 5.88. The molecule has 1 rings (SSSR count). The summed E-state index contributed by atoms with van der Waals surface area (Å²) in [5.41, 5.74) is 0. The third-order valence-electron chi connectivity index (χ3n) is 3.38. The van der Waals surface area contributed by atoms with Crippen molar-refractivity contribution in [1.82, 2.24) is 20.4 Å². The molecule has 0 aromatic carbocycles. The molecule has 1 aliphatic heterocycles. The van der Waals surface area contributed by atoms with E-state index in [2.05, 4.69) is 10.6 Å². The van der Waals surface area contributed by atoms with Crippen LogP contribution in [0.5, 0.6) is 0 Å². The first-order chi connectivity index (χ1) is 9.91. The van der Waals surface area contributed by atoms with Crippen molar-refractivity contribution in [2.75, 3.05) is 33.7 Å². The fourth-order valence-corrected chi connectivity index (χ4v) is 2.28. The molecule has 4 amide bonds. The summed E-state index contributed by atoms with van der Waals surface area (Å²) in [6.07, 6.45) is 2.53. The highest BCUT2D eigenvalue weighted by Crippen LogP contribution is 2.19. The Morgan fingerprint density at radius 1 is 1.19 bits per heavy atom. The number of nitrogens with one attached hydrogen (secondary N) is 2. The molecule has 21 heavy (non-hydrogen) atoms. The zero-order chi connectivity index (χ0) is 15.8. The van der Waals surface area contributed by atoms with Crippen LogP contribution in [0.2, 0.25) is 0 Å². The van der Waals surface area contributed by atoms with Gasteiger partial charge in [0.05, 0.1) is 6.42 Å². The molecule has 1 saturated heterocycles. The normalized spacial score (nSPS) is 18.0. The standard InChI is InChI=1S/C13H24N4O4/c1-16(2)12(20)14-6-7-15-13(21)17-8-4-3-5-10(17)9-11(18)19/h10H,3-9H2,1-2H3,(H,14,20)(H,15,21)(H,18,19). The number of hydrogen-bond donors (Lipinski definition) is 3. The number of carboxylic acid groups (broad SMARTS) is 1. The number of nitrogens with zero attached hydrogens (tertiary/aromatic N) is 2. The second kappa shape index (κ2) is 8.33. The maximum absolute atomic E-state index is 12.1. The van der Waals surface area contributed by atoms with Crippen LogP contribution in [0.1, 0.15) is 25.7 Å². The van der Waals surface area contributed by atoms with Gasteiger partial charge in [-0.1, -0.05) is 0 Å². The lowest BCUT2D eigenvalue weighted by Gasteiger charge is -2.34. The van der Waals surface area contributed by atoms with E-state index in [0.717, 1.165) is 19.3 Å². The largest absolute Gasteiger partial charge is 0.481 e. The summed E-state index contributed by atoms with van der Waals surface area (Å²) in [7, 11) is 3.27.